The van der Waals surface area contributed by atoms with Crippen LogP contribution in [0.3, 0.4) is 0 Å². The molecule has 14 heavy (non-hydrogen) atoms. The van der Waals surface area contributed by atoms with Gasteiger partial charge in [0.25, 0.3) is 0 Å². The molecule has 2 rings (SSSR count). The number of phenolic OH excluding ortho intramolecular Hbond substituents is 1. The van der Waals surface area contributed by atoms with Crippen LogP contribution in [-0.2, 0) is 5.54 Å². The van der Waals surface area contributed by atoms with Crippen LogP contribution in [0.25, 0.3) is 0 Å². The van der Waals surface area contributed by atoms with E-state index in [1.165, 1.54) is 6.07 Å². The molecule has 0 heterocycles. The lowest BCUT2D eigenvalue weighted by atomic mass is 9.72. The average Bonchev–Trinajstić information content (AvgIpc) is 2.09. The van der Waals surface area contributed by atoms with Gasteiger partial charge >= 0.3 is 0 Å². The molecule has 0 unspecified atom stereocenters. The van der Waals surface area contributed by atoms with Crippen LogP contribution < -0.4 is 5.73 Å². The Labute approximate surface area is 82.5 Å². The Bertz CT molecular complexity index is 372. The first-order valence-electron chi connectivity index (χ1n) is 4.82. The molecule has 1 aliphatic rings. The molecule has 76 valence electrons. The lowest BCUT2D eigenvalue weighted by molar-refractivity contribution is 0.236. The minimum atomic E-state index is -0.639. The van der Waals surface area contributed by atoms with Gasteiger partial charge in [-0.25, -0.2) is 4.39 Å². The Morgan fingerprint density at radius 3 is 2.57 bits per heavy atom. The lowest BCUT2D eigenvalue weighted by Crippen LogP contribution is -2.44. The van der Waals surface area contributed by atoms with Crippen LogP contribution in [0.4, 0.5) is 4.39 Å². The number of rotatable bonds is 1. The highest BCUT2D eigenvalue weighted by Gasteiger charge is 2.39. The first-order chi connectivity index (χ1) is 6.54. The molecule has 0 aliphatic heterocycles. The third kappa shape index (κ3) is 1.20. The number of aromatic hydroxyl groups is 1. The molecule has 0 radical (unpaired) electrons. The van der Waals surface area contributed by atoms with Crippen LogP contribution >= 0.6 is 0 Å². The Morgan fingerprint density at radius 2 is 2.07 bits per heavy atom. The molecule has 1 aliphatic carbocycles. The van der Waals surface area contributed by atoms with Crippen LogP contribution in [0, 0.1) is 12.7 Å². The number of benzene rings is 1. The van der Waals surface area contributed by atoms with Crippen molar-refractivity contribution in [1.82, 2.24) is 0 Å². The third-order valence-corrected chi connectivity index (χ3v) is 3.07. The van der Waals surface area contributed by atoms with Gasteiger partial charge in [-0.05, 0) is 37.8 Å². The maximum absolute atomic E-state index is 13.5. The number of hydrogen-bond acceptors (Lipinski definition) is 2. The zero-order valence-electron chi connectivity index (χ0n) is 8.18. The first-order valence-corrected chi connectivity index (χ1v) is 4.82. The second-order valence-electron chi connectivity index (χ2n) is 4.10. The minimum Gasteiger partial charge on any atom is -0.507 e. The maximum atomic E-state index is 13.5. The summed E-state index contributed by atoms with van der Waals surface area (Å²) in [6.07, 6.45) is 2.51. The molecule has 1 fully saturated rings. The minimum absolute atomic E-state index is 0.0206. The predicted octanol–water partition coefficient (Wildman–Crippen LogP) is 2.18. The molecule has 1 aromatic rings. The van der Waals surface area contributed by atoms with Crippen molar-refractivity contribution >= 4 is 0 Å². The quantitative estimate of drug-likeness (QED) is 0.721. The van der Waals surface area contributed by atoms with E-state index in [2.05, 4.69) is 0 Å². The van der Waals surface area contributed by atoms with Gasteiger partial charge < -0.3 is 10.8 Å². The van der Waals surface area contributed by atoms with Crippen LogP contribution in [-0.4, -0.2) is 5.11 Å². The fraction of sp³-hybridized carbons (Fsp3) is 0.455. The largest absolute Gasteiger partial charge is 0.507 e. The van der Waals surface area contributed by atoms with Crippen molar-refractivity contribution in [3.63, 3.8) is 0 Å². The SMILES string of the molecule is Cc1ccc(F)c(C2(N)CCC2)c1O. The van der Waals surface area contributed by atoms with Crippen LogP contribution in [0.2, 0.25) is 0 Å². The van der Waals surface area contributed by atoms with Gasteiger partial charge in [-0.15, -0.1) is 0 Å². The van der Waals surface area contributed by atoms with Gasteiger partial charge in [0.2, 0.25) is 0 Å². The summed E-state index contributed by atoms with van der Waals surface area (Å²) in [5.74, 6) is -0.373. The second kappa shape index (κ2) is 2.95. The number of nitrogens with two attached hydrogens (primary N) is 1. The Morgan fingerprint density at radius 1 is 1.43 bits per heavy atom. The Kier molecular flexibility index (Phi) is 2.00. The monoisotopic (exact) mass is 195 g/mol. The maximum Gasteiger partial charge on any atom is 0.131 e. The van der Waals surface area contributed by atoms with Crippen LogP contribution in [0.15, 0.2) is 12.1 Å². The molecule has 0 atom stereocenters. The number of phenols is 1. The first kappa shape index (κ1) is 9.46. The van der Waals surface area contributed by atoms with E-state index in [1.54, 1.807) is 13.0 Å². The van der Waals surface area contributed by atoms with Crippen molar-refractivity contribution in [3.05, 3.63) is 29.1 Å². The molecule has 2 nitrogen and oxygen atoms in total. The number of aryl methyl sites for hydroxylation is 1. The summed E-state index contributed by atoms with van der Waals surface area (Å²) < 4.78 is 13.5. The van der Waals surface area contributed by atoms with E-state index in [1.807, 2.05) is 0 Å². The third-order valence-electron chi connectivity index (χ3n) is 3.07. The molecule has 0 aromatic heterocycles. The summed E-state index contributed by atoms with van der Waals surface area (Å²) in [5, 5.41) is 9.76. The molecular weight excluding hydrogens is 181 g/mol. The van der Waals surface area contributed by atoms with Gasteiger partial charge in [0, 0.05) is 11.1 Å². The normalized spacial score (nSPS) is 19.1. The molecule has 1 saturated carbocycles. The van der Waals surface area contributed by atoms with Crippen LogP contribution in [0.5, 0.6) is 5.75 Å². The van der Waals surface area contributed by atoms with Crippen molar-refractivity contribution in [2.75, 3.05) is 0 Å². The average molecular weight is 195 g/mol. The highest BCUT2D eigenvalue weighted by molar-refractivity contribution is 5.45. The van der Waals surface area contributed by atoms with E-state index in [-0.39, 0.29) is 5.75 Å². The fourth-order valence-electron chi connectivity index (χ4n) is 1.95. The summed E-state index contributed by atoms with van der Waals surface area (Å²) in [6, 6.07) is 2.94. The van der Waals surface area contributed by atoms with Gasteiger partial charge in [-0.2, -0.15) is 0 Å². The van der Waals surface area contributed by atoms with Crippen molar-refractivity contribution in [2.45, 2.75) is 31.7 Å². The van der Waals surface area contributed by atoms with E-state index in [4.69, 9.17) is 5.73 Å². The smallest absolute Gasteiger partial charge is 0.131 e. The van der Waals surface area contributed by atoms with Gasteiger partial charge in [-0.3, -0.25) is 0 Å². The van der Waals surface area contributed by atoms with E-state index in [0.29, 0.717) is 11.1 Å². The highest BCUT2D eigenvalue weighted by atomic mass is 19.1. The molecule has 0 saturated heterocycles. The van der Waals surface area contributed by atoms with Crippen molar-refractivity contribution < 1.29 is 9.50 Å². The number of halogens is 1. The zero-order valence-corrected chi connectivity index (χ0v) is 8.18. The standard InChI is InChI=1S/C11H14FNO/c1-7-3-4-8(12)9(10(7)14)11(13)5-2-6-11/h3-4,14H,2,5-6,13H2,1H3. The van der Waals surface area contributed by atoms with Crippen LogP contribution in [0.1, 0.15) is 30.4 Å². The summed E-state index contributed by atoms with van der Waals surface area (Å²) in [4.78, 5) is 0. The van der Waals surface area contributed by atoms with Gasteiger partial charge in [0.05, 0.1) is 0 Å². The summed E-state index contributed by atoms with van der Waals surface area (Å²) in [7, 11) is 0. The molecule has 0 amide bonds. The predicted molar refractivity (Wildman–Crippen MR) is 52.5 cm³/mol. The van der Waals surface area contributed by atoms with Gasteiger partial charge in [0.15, 0.2) is 0 Å². The molecule has 3 N–H and O–H groups in total. The lowest BCUT2D eigenvalue weighted by Gasteiger charge is -2.39. The summed E-state index contributed by atoms with van der Waals surface area (Å²) in [5.41, 5.74) is 6.33. The van der Waals surface area contributed by atoms with Gasteiger partial charge in [-0.1, -0.05) is 6.07 Å². The molecule has 0 bridgehead atoms. The highest BCUT2D eigenvalue weighted by Crippen LogP contribution is 2.44. The molecular formula is C11H14FNO. The molecule has 3 heteroatoms. The van der Waals surface area contributed by atoms with E-state index >= 15 is 0 Å². The number of hydrogen-bond donors (Lipinski definition) is 2. The Hall–Kier alpha value is -1.09. The van der Waals surface area contributed by atoms with E-state index in [0.717, 1.165) is 19.3 Å². The van der Waals surface area contributed by atoms with Crippen molar-refractivity contribution in [2.24, 2.45) is 5.73 Å². The Balaban J connectivity index is 2.56. The zero-order chi connectivity index (χ0) is 10.3. The summed E-state index contributed by atoms with van der Waals surface area (Å²) in [6.45, 7) is 1.75. The summed E-state index contributed by atoms with van der Waals surface area (Å²) >= 11 is 0. The molecule has 0 spiro atoms. The van der Waals surface area contributed by atoms with E-state index in [9.17, 15) is 9.50 Å². The van der Waals surface area contributed by atoms with E-state index < -0.39 is 11.4 Å². The second-order valence-corrected chi connectivity index (χ2v) is 4.10. The van der Waals surface area contributed by atoms with Crippen molar-refractivity contribution in [3.8, 4) is 5.75 Å². The molecule has 1 aromatic carbocycles. The fourth-order valence-corrected chi connectivity index (χ4v) is 1.95. The topological polar surface area (TPSA) is 46.2 Å². The van der Waals surface area contributed by atoms with Gasteiger partial charge in [0.1, 0.15) is 11.6 Å². The van der Waals surface area contributed by atoms with Crippen molar-refractivity contribution in [1.29, 1.82) is 0 Å².